The molecule has 3 N–H and O–H groups in total. The molecular weight excluding hydrogens is 468 g/mol. The zero-order chi connectivity index (χ0) is 23.9. The number of amides is 2. The first-order valence-electron chi connectivity index (χ1n) is 10.8. The normalized spacial score (nSPS) is 12.6. The van der Waals surface area contributed by atoms with Gasteiger partial charge in [-0.1, -0.05) is 60.7 Å². The number of nitrogens with one attached hydrogen (secondary N) is 2. The van der Waals surface area contributed by atoms with E-state index in [0.717, 1.165) is 20.9 Å². The van der Waals surface area contributed by atoms with E-state index in [9.17, 15) is 9.59 Å². The molecule has 9 heteroatoms. The monoisotopic (exact) mass is 492 g/mol. The number of carbonyl (C=O) groups excluding carboxylic acids is 2. The molecule has 2 heterocycles. The number of rotatable bonds is 9. The number of aliphatic hydroxyl groups excluding tert-OH is 1. The van der Waals surface area contributed by atoms with Crippen molar-refractivity contribution >= 4 is 39.6 Å². The number of carbonyl (C=O) groups is 2. The molecule has 0 saturated heterocycles. The lowest BCUT2D eigenvalue weighted by atomic mass is 9.85. The lowest BCUT2D eigenvalue weighted by molar-refractivity contribution is -0.119. The number of hydrogen-bond acceptors (Lipinski definition) is 7. The largest absolute Gasteiger partial charge is 0.395 e. The summed E-state index contributed by atoms with van der Waals surface area (Å²) in [6.07, 6.45) is 0. The smallest absolute Gasteiger partial charge is 0.251 e. The van der Waals surface area contributed by atoms with Crippen LogP contribution >= 0.6 is 22.7 Å². The molecule has 0 unspecified atom stereocenters. The summed E-state index contributed by atoms with van der Waals surface area (Å²) in [5, 5.41) is 22.6. The first kappa shape index (κ1) is 23.7. The van der Waals surface area contributed by atoms with Gasteiger partial charge in [0.1, 0.15) is 5.51 Å². The molecule has 0 aliphatic rings. The van der Waals surface area contributed by atoms with Gasteiger partial charge in [-0.15, -0.1) is 21.5 Å². The van der Waals surface area contributed by atoms with Crippen LogP contribution in [0.1, 0.15) is 33.6 Å². The SMILES string of the molecule is C[C@@H](C(=O)Nc1nncs1)[C@H](c1ccccc1)c1ccc(-c2ccc(C(=O)NCCO)cc2)s1. The number of benzene rings is 2. The third-order valence-electron chi connectivity index (χ3n) is 5.42. The minimum absolute atomic E-state index is 0.0957. The average Bonchev–Trinajstić information content (AvgIpc) is 3.56. The number of anilines is 1. The fourth-order valence-electron chi connectivity index (χ4n) is 3.69. The summed E-state index contributed by atoms with van der Waals surface area (Å²) in [5.41, 5.74) is 4.18. The molecule has 34 heavy (non-hydrogen) atoms. The van der Waals surface area contributed by atoms with E-state index in [4.69, 9.17) is 5.11 Å². The fourth-order valence-corrected chi connectivity index (χ4v) is 5.39. The maximum Gasteiger partial charge on any atom is 0.251 e. The van der Waals surface area contributed by atoms with Crippen LogP contribution in [0.5, 0.6) is 0 Å². The molecule has 174 valence electrons. The lowest BCUT2D eigenvalue weighted by Gasteiger charge is -2.22. The first-order chi connectivity index (χ1) is 16.6. The summed E-state index contributed by atoms with van der Waals surface area (Å²) in [4.78, 5) is 27.2. The molecule has 7 nitrogen and oxygen atoms in total. The van der Waals surface area contributed by atoms with Crippen LogP contribution in [0.4, 0.5) is 5.13 Å². The van der Waals surface area contributed by atoms with Gasteiger partial charge in [-0.3, -0.25) is 9.59 Å². The molecule has 4 rings (SSSR count). The van der Waals surface area contributed by atoms with E-state index in [1.807, 2.05) is 55.5 Å². The number of nitrogens with zero attached hydrogens (tertiary/aromatic N) is 2. The summed E-state index contributed by atoms with van der Waals surface area (Å²) in [6, 6.07) is 21.5. The van der Waals surface area contributed by atoms with Gasteiger partial charge >= 0.3 is 0 Å². The molecule has 2 amide bonds. The molecule has 2 atom stereocenters. The van der Waals surface area contributed by atoms with Gasteiger partial charge in [0.25, 0.3) is 5.91 Å². The van der Waals surface area contributed by atoms with Crippen LogP contribution < -0.4 is 10.6 Å². The maximum atomic E-state index is 13.0. The molecule has 0 aliphatic carbocycles. The number of hydrogen-bond donors (Lipinski definition) is 3. The Morgan fingerprint density at radius 3 is 2.47 bits per heavy atom. The van der Waals surface area contributed by atoms with Gasteiger partial charge < -0.3 is 15.7 Å². The van der Waals surface area contributed by atoms with E-state index in [2.05, 4.69) is 26.9 Å². The second-order valence-electron chi connectivity index (χ2n) is 7.67. The summed E-state index contributed by atoms with van der Waals surface area (Å²) < 4.78 is 0. The molecular formula is C25H24N4O3S2. The lowest BCUT2D eigenvalue weighted by Crippen LogP contribution is -2.26. The Balaban J connectivity index is 1.58. The van der Waals surface area contributed by atoms with Crippen molar-refractivity contribution in [3.63, 3.8) is 0 Å². The number of thiophene rings is 1. The molecule has 0 bridgehead atoms. The topological polar surface area (TPSA) is 104 Å². The molecule has 0 aliphatic heterocycles. The Hall–Kier alpha value is -3.40. The number of aliphatic hydroxyl groups is 1. The predicted octanol–water partition coefficient (Wildman–Crippen LogP) is 4.40. The Labute approximate surface area is 205 Å². The second-order valence-corrected chi connectivity index (χ2v) is 9.62. The highest BCUT2D eigenvalue weighted by Crippen LogP contribution is 2.39. The van der Waals surface area contributed by atoms with Crippen molar-refractivity contribution in [2.75, 3.05) is 18.5 Å². The van der Waals surface area contributed by atoms with Crippen LogP contribution in [0.15, 0.2) is 72.2 Å². The van der Waals surface area contributed by atoms with Gasteiger partial charge in [0.15, 0.2) is 0 Å². The Morgan fingerprint density at radius 1 is 1.03 bits per heavy atom. The summed E-state index contributed by atoms with van der Waals surface area (Å²) in [7, 11) is 0. The van der Waals surface area contributed by atoms with Crippen molar-refractivity contribution in [1.82, 2.24) is 15.5 Å². The Kier molecular flexibility index (Phi) is 7.79. The van der Waals surface area contributed by atoms with Crippen LogP contribution in [0.3, 0.4) is 0 Å². The average molecular weight is 493 g/mol. The Bertz CT molecular complexity index is 1220. The molecule has 2 aromatic heterocycles. The van der Waals surface area contributed by atoms with Crippen molar-refractivity contribution in [2.24, 2.45) is 5.92 Å². The quantitative estimate of drug-likeness (QED) is 0.321. The zero-order valence-corrected chi connectivity index (χ0v) is 20.1. The standard InChI is InChI=1S/C25H24N4O3S2/c1-16(23(31)28-25-29-27-15-33-25)22(18-5-3-2-4-6-18)21-12-11-20(34-21)17-7-9-19(10-8-17)24(32)26-13-14-30/h2-12,15-16,22,30H,13-14H2,1H3,(H,26,32)(H,28,29,31)/t16-,22-/m1/s1. The van der Waals surface area contributed by atoms with E-state index < -0.39 is 0 Å². The van der Waals surface area contributed by atoms with Gasteiger partial charge in [0, 0.05) is 33.7 Å². The third kappa shape index (κ3) is 5.56. The highest BCUT2D eigenvalue weighted by Gasteiger charge is 2.29. The maximum absolute atomic E-state index is 13.0. The van der Waals surface area contributed by atoms with Gasteiger partial charge in [-0.25, -0.2) is 0 Å². The van der Waals surface area contributed by atoms with E-state index in [-0.39, 0.29) is 36.8 Å². The minimum Gasteiger partial charge on any atom is -0.395 e. The van der Waals surface area contributed by atoms with Crippen molar-refractivity contribution in [3.05, 3.63) is 88.2 Å². The molecule has 4 aromatic rings. The number of aromatic nitrogens is 2. The van der Waals surface area contributed by atoms with Crippen molar-refractivity contribution < 1.29 is 14.7 Å². The van der Waals surface area contributed by atoms with Crippen LogP contribution in [0, 0.1) is 5.92 Å². The van der Waals surface area contributed by atoms with Crippen LogP contribution in [-0.2, 0) is 4.79 Å². The Morgan fingerprint density at radius 2 is 1.79 bits per heavy atom. The molecule has 0 radical (unpaired) electrons. The van der Waals surface area contributed by atoms with Gasteiger partial charge in [0.2, 0.25) is 11.0 Å². The summed E-state index contributed by atoms with van der Waals surface area (Å²) in [5.74, 6) is -0.794. The predicted molar refractivity (Wildman–Crippen MR) is 135 cm³/mol. The van der Waals surface area contributed by atoms with Gasteiger partial charge in [-0.05, 0) is 35.4 Å². The summed E-state index contributed by atoms with van der Waals surface area (Å²) >= 11 is 2.92. The first-order valence-corrected chi connectivity index (χ1v) is 12.5. The van der Waals surface area contributed by atoms with E-state index in [1.54, 1.807) is 29.0 Å². The highest BCUT2D eigenvalue weighted by molar-refractivity contribution is 7.15. The van der Waals surface area contributed by atoms with Crippen LogP contribution in [0.2, 0.25) is 0 Å². The summed E-state index contributed by atoms with van der Waals surface area (Å²) in [6.45, 7) is 2.05. The molecule has 0 fully saturated rings. The fraction of sp³-hybridized carbons (Fsp3) is 0.200. The molecule has 2 aromatic carbocycles. The van der Waals surface area contributed by atoms with Crippen LogP contribution in [0.25, 0.3) is 10.4 Å². The van der Waals surface area contributed by atoms with E-state index in [0.29, 0.717) is 10.7 Å². The van der Waals surface area contributed by atoms with Gasteiger partial charge in [0.05, 0.1) is 6.61 Å². The molecule has 0 saturated carbocycles. The van der Waals surface area contributed by atoms with E-state index >= 15 is 0 Å². The second kappa shape index (κ2) is 11.1. The highest BCUT2D eigenvalue weighted by atomic mass is 32.1. The third-order valence-corrected chi connectivity index (χ3v) is 7.25. The minimum atomic E-state index is -0.338. The van der Waals surface area contributed by atoms with Crippen LogP contribution in [-0.4, -0.2) is 40.3 Å². The van der Waals surface area contributed by atoms with Crippen molar-refractivity contribution in [1.29, 1.82) is 0 Å². The van der Waals surface area contributed by atoms with E-state index in [1.165, 1.54) is 11.3 Å². The van der Waals surface area contributed by atoms with Crippen molar-refractivity contribution in [2.45, 2.75) is 12.8 Å². The van der Waals surface area contributed by atoms with Gasteiger partial charge in [-0.2, -0.15) is 0 Å². The molecule has 0 spiro atoms. The zero-order valence-electron chi connectivity index (χ0n) is 18.5. The van der Waals surface area contributed by atoms with Crippen molar-refractivity contribution in [3.8, 4) is 10.4 Å².